The Kier molecular flexibility index (Phi) is 2.17. The van der Waals surface area contributed by atoms with Crippen LogP contribution in [0.4, 0.5) is 0 Å². The van der Waals surface area contributed by atoms with Gasteiger partial charge < -0.3 is 10.6 Å². The fraction of sp³-hybridized carbons (Fsp3) is 0.444. The van der Waals surface area contributed by atoms with Crippen LogP contribution in [0.25, 0.3) is 0 Å². The fourth-order valence-corrected chi connectivity index (χ4v) is 1.35. The van der Waals surface area contributed by atoms with Crippen LogP contribution in [0.2, 0.25) is 0 Å². The minimum atomic E-state index is -0.118. The molecule has 0 unspecified atom stereocenters. The molecule has 0 aliphatic carbocycles. The van der Waals surface area contributed by atoms with Crippen LogP contribution in [0.5, 0.6) is 0 Å². The van der Waals surface area contributed by atoms with Crippen molar-refractivity contribution in [1.82, 2.24) is 20.6 Å². The van der Waals surface area contributed by atoms with Gasteiger partial charge in [0.15, 0.2) is 0 Å². The van der Waals surface area contributed by atoms with Crippen molar-refractivity contribution in [2.75, 3.05) is 13.1 Å². The van der Waals surface area contributed by atoms with E-state index in [1.165, 1.54) is 18.7 Å². The molecule has 5 heteroatoms. The number of carbonyl (C=O) groups excluding carboxylic acids is 1. The van der Waals surface area contributed by atoms with Crippen molar-refractivity contribution in [3.05, 3.63) is 24.3 Å². The number of aromatic nitrogens is 2. The summed E-state index contributed by atoms with van der Waals surface area (Å²) < 4.78 is 0. The molecule has 1 aromatic heterocycles. The summed E-state index contributed by atoms with van der Waals surface area (Å²) in [6.07, 6.45) is 4.43. The first-order chi connectivity index (χ1) is 6.70. The molecule has 1 saturated heterocycles. The molecule has 1 aliphatic rings. The van der Waals surface area contributed by atoms with Crippen molar-refractivity contribution in [3.63, 3.8) is 0 Å². The lowest BCUT2D eigenvalue weighted by molar-refractivity contribution is 0.0871. The summed E-state index contributed by atoms with van der Waals surface area (Å²) in [5, 5.41) is 6.04. The lowest BCUT2D eigenvalue weighted by Crippen LogP contribution is -2.67. The summed E-state index contributed by atoms with van der Waals surface area (Å²) >= 11 is 0. The van der Waals surface area contributed by atoms with Crippen molar-refractivity contribution in [1.29, 1.82) is 0 Å². The number of amides is 1. The SMILES string of the molecule is CC1(NC(=O)c2cncnc2)CNC1. The predicted molar refractivity (Wildman–Crippen MR) is 50.8 cm³/mol. The average molecular weight is 192 g/mol. The number of rotatable bonds is 2. The molecular weight excluding hydrogens is 180 g/mol. The molecule has 5 nitrogen and oxygen atoms in total. The third-order valence-corrected chi connectivity index (χ3v) is 2.27. The highest BCUT2D eigenvalue weighted by molar-refractivity contribution is 5.94. The number of carbonyl (C=O) groups is 1. The van der Waals surface area contributed by atoms with E-state index in [1.807, 2.05) is 6.92 Å². The molecule has 1 amide bonds. The Morgan fingerprint density at radius 1 is 1.50 bits per heavy atom. The molecule has 2 heterocycles. The highest BCUT2D eigenvalue weighted by atomic mass is 16.1. The van der Waals surface area contributed by atoms with Gasteiger partial charge >= 0.3 is 0 Å². The van der Waals surface area contributed by atoms with E-state index in [2.05, 4.69) is 20.6 Å². The number of hydrogen-bond donors (Lipinski definition) is 2. The lowest BCUT2D eigenvalue weighted by atomic mass is 9.95. The van der Waals surface area contributed by atoms with Gasteiger partial charge in [-0.05, 0) is 6.92 Å². The second-order valence-electron chi connectivity index (χ2n) is 3.75. The molecule has 1 aliphatic heterocycles. The Hall–Kier alpha value is -1.49. The molecule has 1 fully saturated rings. The van der Waals surface area contributed by atoms with Gasteiger partial charge in [0.25, 0.3) is 5.91 Å². The van der Waals surface area contributed by atoms with Crippen molar-refractivity contribution < 1.29 is 4.79 Å². The van der Waals surface area contributed by atoms with Gasteiger partial charge in [-0.1, -0.05) is 0 Å². The Labute approximate surface area is 82.0 Å². The van der Waals surface area contributed by atoms with Crippen LogP contribution in [0.3, 0.4) is 0 Å². The maximum absolute atomic E-state index is 11.6. The first-order valence-electron chi connectivity index (χ1n) is 4.48. The van der Waals surface area contributed by atoms with Crippen LogP contribution < -0.4 is 10.6 Å². The lowest BCUT2D eigenvalue weighted by Gasteiger charge is -2.39. The smallest absolute Gasteiger partial charge is 0.254 e. The molecule has 0 aromatic carbocycles. The van der Waals surface area contributed by atoms with Crippen LogP contribution in [0, 0.1) is 0 Å². The molecule has 74 valence electrons. The van der Waals surface area contributed by atoms with E-state index in [1.54, 1.807) is 0 Å². The van der Waals surface area contributed by atoms with E-state index in [-0.39, 0.29) is 11.4 Å². The largest absolute Gasteiger partial charge is 0.344 e. The molecular formula is C9H12N4O. The summed E-state index contributed by atoms with van der Waals surface area (Å²) in [5.41, 5.74) is 0.382. The highest BCUT2D eigenvalue weighted by Gasteiger charge is 2.33. The van der Waals surface area contributed by atoms with Gasteiger partial charge in [-0.25, -0.2) is 9.97 Å². The number of nitrogens with one attached hydrogen (secondary N) is 2. The van der Waals surface area contributed by atoms with Gasteiger partial charge in [0.05, 0.1) is 11.1 Å². The van der Waals surface area contributed by atoms with Gasteiger partial charge in [0, 0.05) is 25.5 Å². The van der Waals surface area contributed by atoms with Crippen molar-refractivity contribution >= 4 is 5.91 Å². The zero-order valence-electron chi connectivity index (χ0n) is 7.95. The van der Waals surface area contributed by atoms with E-state index in [0.29, 0.717) is 5.56 Å². The molecule has 0 saturated carbocycles. The van der Waals surface area contributed by atoms with E-state index in [0.717, 1.165) is 13.1 Å². The van der Waals surface area contributed by atoms with E-state index < -0.39 is 0 Å². The second kappa shape index (κ2) is 3.34. The molecule has 0 spiro atoms. The van der Waals surface area contributed by atoms with Crippen molar-refractivity contribution in [2.45, 2.75) is 12.5 Å². The summed E-state index contributed by atoms with van der Waals surface area (Å²) in [4.78, 5) is 19.2. The molecule has 2 rings (SSSR count). The third kappa shape index (κ3) is 1.72. The Bertz CT molecular complexity index is 334. The van der Waals surface area contributed by atoms with Crippen LogP contribution in [-0.4, -0.2) is 34.5 Å². The Morgan fingerprint density at radius 3 is 2.64 bits per heavy atom. The van der Waals surface area contributed by atoms with E-state index in [4.69, 9.17) is 0 Å². The highest BCUT2D eigenvalue weighted by Crippen LogP contribution is 2.09. The zero-order chi connectivity index (χ0) is 10.0. The van der Waals surface area contributed by atoms with Crippen molar-refractivity contribution in [3.8, 4) is 0 Å². The molecule has 0 atom stereocenters. The minimum absolute atomic E-state index is 0.116. The number of nitrogens with zero attached hydrogens (tertiary/aromatic N) is 2. The second-order valence-corrected chi connectivity index (χ2v) is 3.75. The molecule has 0 bridgehead atoms. The van der Waals surface area contributed by atoms with Crippen molar-refractivity contribution in [2.24, 2.45) is 0 Å². The van der Waals surface area contributed by atoms with Gasteiger partial charge in [-0.15, -0.1) is 0 Å². The van der Waals surface area contributed by atoms with Crippen LogP contribution in [-0.2, 0) is 0 Å². The predicted octanol–water partition coefficient (Wildman–Crippen LogP) is -0.432. The van der Waals surface area contributed by atoms with E-state index in [9.17, 15) is 4.79 Å². The van der Waals surface area contributed by atoms with Gasteiger partial charge in [0.1, 0.15) is 6.33 Å². The average Bonchev–Trinajstić information content (AvgIpc) is 2.17. The topological polar surface area (TPSA) is 66.9 Å². The van der Waals surface area contributed by atoms with Crippen LogP contribution >= 0.6 is 0 Å². The standard InChI is InChI=1S/C9H12N4O/c1-9(4-12-5-9)13-8(14)7-2-10-6-11-3-7/h2-3,6,12H,4-5H2,1H3,(H,13,14). The van der Waals surface area contributed by atoms with E-state index >= 15 is 0 Å². The van der Waals surface area contributed by atoms with Crippen LogP contribution in [0.15, 0.2) is 18.7 Å². The Morgan fingerprint density at radius 2 is 2.14 bits per heavy atom. The maximum Gasteiger partial charge on any atom is 0.254 e. The summed E-state index contributed by atoms with van der Waals surface area (Å²) in [5.74, 6) is -0.116. The number of hydrogen-bond acceptors (Lipinski definition) is 4. The Balaban J connectivity index is 2.03. The quantitative estimate of drug-likeness (QED) is 0.667. The maximum atomic E-state index is 11.6. The third-order valence-electron chi connectivity index (χ3n) is 2.27. The summed E-state index contributed by atoms with van der Waals surface area (Å²) in [7, 11) is 0. The van der Waals surface area contributed by atoms with Gasteiger partial charge in [-0.2, -0.15) is 0 Å². The van der Waals surface area contributed by atoms with Gasteiger partial charge in [-0.3, -0.25) is 4.79 Å². The van der Waals surface area contributed by atoms with Crippen LogP contribution in [0.1, 0.15) is 17.3 Å². The molecule has 2 N–H and O–H groups in total. The van der Waals surface area contributed by atoms with Gasteiger partial charge in [0.2, 0.25) is 0 Å². The molecule has 14 heavy (non-hydrogen) atoms. The normalized spacial score (nSPS) is 18.4. The monoisotopic (exact) mass is 192 g/mol. The summed E-state index contributed by atoms with van der Waals surface area (Å²) in [6, 6.07) is 0. The first-order valence-corrected chi connectivity index (χ1v) is 4.48. The zero-order valence-corrected chi connectivity index (χ0v) is 7.95. The fourth-order valence-electron chi connectivity index (χ4n) is 1.35. The minimum Gasteiger partial charge on any atom is -0.344 e. The molecule has 0 radical (unpaired) electrons. The molecule has 1 aromatic rings. The first kappa shape index (κ1) is 9.08. The summed E-state index contributed by atoms with van der Waals surface area (Å²) in [6.45, 7) is 3.63.